The highest BCUT2D eigenvalue weighted by Gasteiger charge is 2.19. The highest BCUT2D eigenvalue weighted by Crippen LogP contribution is 2.25. The van der Waals surface area contributed by atoms with Crippen LogP contribution in [-0.2, 0) is 6.42 Å². The summed E-state index contributed by atoms with van der Waals surface area (Å²) < 4.78 is 15.6. The molecule has 0 aliphatic carbocycles. The maximum atomic E-state index is 13.9. The highest BCUT2D eigenvalue weighted by atomic mass is 19.1. The number of anilines is 1. The molecule has 1 N–H and O–H groups in total. The first-order valence-corrected chi connectivity index (χ1v) is 11.1. The van der Waals surface area contributed by atoms with Crippen LogP contribution in [0.1, 0.15) is 56.2 Å². The Morgan fingerprint density at radius 3 is 2.62 bits per heavy atom. The standard InChI is InChI=1S/C25H29FN6/c1-5-8-21(12-18-10-7-6-9-17(18)4)29-25-31-23(19-11-20(26)14-27-13-19)30-24-22(16(2)3)15-28-32(24)25/h6-7,9-11,13-16,21H,5,8,12H2,1-4H3,(H,29,30,31). The summed E-state index contributed by atoms with van der Waals surface area (Å²) in [6, 6.07) is 10.0. The predicted molar refractivity (Wildman–Crippen MR) is 125 cm³/mol. The number of aromatic nitrogens is 5. The summed E-state index contributed by atoms with van der Waals surface area (Å²) in [6.07, 6.45) is 7.49. The predicted octanol–water partition coefficient (Wildman–Crippen LogP) is 5.58. The minimum atomic E-state index is -0.415. The second-order valence-electron chi connectivity index (χ2n) is 8.51. The van der Waals surface area contributed by atoms with Gasteiger partial charge in [-0.3, -0.25) is 4.98 Å². The normalized spacial score (nSPS) is 12.4. The maximum absolute atomic E-state index is 13.9. The fraction of sp³-hybridized carbons (Fsp3) is 0.360. The molecule has 0 fully saturated rings. The minimum Gasteiger partial charge on any atom is -0.351 e. The van der Waals surface area contributed by atoms with Crippen molar-refractivity contribution < 1.29 is 4.39 Å². The lowest BCUT2D eigenvalue weighted by molar-refractivity contribution is 0.621. The molecule has 3 heterocycles. The lowest BCUT2D eigenvalue weighted by Gasteiger charge is -2.20. The monoisotopic (exact) mass is 432 g/mol. The summed E-state index contributed by atoms with van der Waals surface area (Å²) in [7, 11) is 0. The van der Waals surface area contributed by atoms with Gasteiger partial charge in [0.05, 0.1) is 12.4 Å². The molecule has 0 saturated heterocycles. The van der Waals surface area contributed by atoms with Crippen molar-refractivity contribution in [2.75, 3.05) is 5.32 Å². The summed E-state index contributed by atoms with van der Waals surface area (Å²) in [5, 5.41) is 8.18. The molecular formula is C25H29FN6. The van der Waals surface area contributed by atoms with E-state index in [1.54, 1.807) is 10.7 Å². The molecule has 166 valence electrons. The SMILES string of the molecule is CCCC(Cc1ccccc1C)Nc1nc(-c2cncc(F)c2)nc2c(C(C)C)cnn12. The van der Waals surface area contributed by atoms with Crippen LogP contribution in [0.2, 0.25) is 0 Å². The third-order valence-corrected chi connectivity index (χ3v) is 5.68. The van der Waals surface area contributed by atoms with E-state index in [-0.39, 0.29) is 12.0 Å². The number of hydrogen-bond acceptors (Lipinski definition) is 5. The van der Waals surface area contributed by atoms with Gasteiger partial charge in [-0.25, -0.2) is 9.37 Å². The van der Waals surface area contributed by atoms with E-state index in [1.807, 2.05) is 6.20 Å². The van der Waals surface area contributed by atoms with Gasteiger partial charge in [-0.15, -0.1) is 0 Å². The summed E-state index contributed by atoms with van der Waals surface area (Å²) in [6.45, 7) is 8.52. The smallest absolute Gasteiger partial charge is 0.228 e. The van der Waals surface area contributed by atoms with Crippen LogP contribution in [0.4, 0.5) is 10.3 Å². The maximum Gasteiger partial charge on any atom is 0.228 e. The molecule has 6 nitrogen and oxygen atoms in total. The third kappa shape index (κ3) is 4.61. The molecule has 0 aliphatic rings. The van der Waals surface area contributed by atoms with E-state index in [2.05, 4.69) is 67.4 Å². The number of nitrogens with one attached hydrogen (secondary N) is 1. The van der Waals surface area contributed by atoms with Crippen LogP contribution in [0.15, 0.2) is 48.9 Å². The van der Waals surface area contributed by atoms with Crippen molar-refractivity contribution in [2.24, 2.45) is 0 Å². The Morgan fingerprint density at radius 2 is 1.91 bits per heavy atom. The fourth-order valence-electron chi connectivity index (χ4n) is 3.92. The molecule has 4 aromatic rings. The zero-order valence-corrected chi connectivity index (χ0v) is 19.0. The number of fused-ring (bicyclic) bond motifs is 1. The second-order valence-corrected chi connectivity index (χ2v) is 8.51. The van der Waals surface area contributed by atoms with Gasteiger partial charge in [0.1, 0.15) is 5.82 Å². The molecule has 0 bridgehead atoms. The van der Waals surface area contributed by atoms with Crippen LogP contribution in [-0.4, -0.2) is 30.6 Å². The molecule has 32 heavy (non-hydrogen) atoms. The van der Waals surface area contributed by atoms with Gasteiger partial charge in [-0.1, -0.05) is 51.5 Å². The molecule has 0 radical (unpaired) electrons. The molecule has 1 unspecified atom stereocenters. The molecular weight excluding hydrogens is 403 g/mol. The van der Waals surface area contributed by atoms with E-state index in [0.717, 1.165) is 30.5 Å². The van der Waals surface area contributed by atoms with Crippen molar-refractivity contribution >= 4 is 11.6 Å². The minimum absolute atomic E-state index is 0.171. The van der Waals surface area contributed by atoms with Gasteiger partial charge in [-0.2, -0.15) is 14.6 Å². The van der Waals surface area contributed by atoms with Crippen LogP contribution in [0.3, 0.4) is 0 Å². The molecule has 7 heteroatoms. The van der Waals surface area contributed by atoms with Crippen molar-refractivity contribution in [3.8, 4) is 11.4 Å². The van der Waals surface area contributed by atoms with Crippen LogP contribution in [0.5, 0.6) is 0 Å². The fourth-order valence-corrected chi connectivity index (χ4v) is 3.92. The number of benzene rings is 1. The van der Waals surface area contributed by atoms with E-state index in [4.69, 9.17) is 9.97 Å². The third-order valence-electron chi connectivity index (χ3n) is 5.68. The Bertz CT molecular complexity index is 1220. The summed E-state index contributed by atoms with van der Waals surface area (Å²) in [4.78, 5) is 13.4. The van der Waals surface area contributed by atoms with Gasteiger partial charge in [0, 0.05) is 23.4 Å². The van der Waals surface area contributed by atoms with Crippen LogP contribution >= 0.6 is 0 Å². The Balaban J connectivity index is 1.78. The summed E-state index contributed by atoms with van der Waals surface area (Å²) in [5.74, 6) is 0.863. The Kier molecular flexibility index (Phi) is 6.44. The van der Waals surface area contributed by atoms with Crippen molar-refractivity contribution in [1.82, 2.24) is 24.6 Å². The number of pyridine rings is 1. The lowest BCUT2D eigenvalue weighted by atomic mass is 9.98. The van der Waals surface area contributed by atoms with Gasteiger partial charge in [0.15, 0.2) is 11.5 Å². The Hall–Kier alpha value is -3.35. The summed E-state index contributed by atoms with van der Waals surface area (Å²) in [5.41, 5.74) is 4.87. The number of hydrogen-bond donors (Lipinski definition) is 1. The number of aryl methyl sites for hydroxylation is 1. The zero-order chi connectivity index (χ0) is 22.7. The van der Waals surface area contributed by atoms with Gasteiger partial charge in [0.2, 0.25) is 5.95 Å². The quantitative estimate of drug-likeness (QED) is 0.394. The first-order valence-electron chi connectivity index (χ1n) is 11.1. The largest absolute Gasteiger partial charge is 0.351 e. The van der Waals surface area contributed by atoms with E-state index in [0.29, 0.717) is 17.3 Å². The number of rotatable bonds is 8. The lowest BCUT2D eigenvalue weighted by Crippen LogP contribution is -2.25. The second kappa shape index (κ2) is 9.42. The van der Waals surface area contributed by atoms with Gasteiger partial charge in [0.25, 0.3) is 0 Å². The molecule has 0 aliphatic heterocycles. The van der Waals surface area contributed by atoms with Crippen LogP contribution in [0.25, 0.3) is 17.0 Å². The first-order chi connectivity index (χ1) is 15.5. The average Bonchev–Trinajstić information content (AvgIpc) is 3.20. The first kappa shape index (κ1) is 21.9. The Morgan fingerprint density at radius 1 is 1.09 bits per heavy atom. The van der Waals surface area contributed by atoms with Crippen LogP contribution < -0.4 is 5.32 Å². The van der Waals surface area contributed by atoms with E-state index in [9.17, 15) is 4.39 Å². The number of halogens is 1. The topological polar surface area (TPSA) is 68.0 Å². The van der Waals surface area contributed by atoms with Crippen molar-refractivity contribution in [3.63, 3.8) is 0 Å². The molecule has 0 spiro atoms. The van der Waals surface area contributed by atoms with E-state index >= 15 is 0 Å². The molecule has 4 rings (SSSR count). The van der Waals surface area contributed by atoms with Crippen molar-refractivity contribution in [2.45, 2.75) is 58.9 Å². The van der Waals surface area contributed by atoms with Crippen LogP contribution in [0, 0.1) is 12.7 Å². The Labute approximate surface area is 188 Å². The van der Waals surface area contributed by atoms with Gasteiger partial charge >= 0.3 is 0 Å². The van der Waals surface area contributed by atoms with Gasteiger partial charge < -0.3 is 5.32 Å². The molecule has 1 atom stereocenters. The van der Waals surface area contributed by atoms with E-state index in [1.165, 1.54) is 23.4 Å². The summed E-state index contributed by atoms with van der Waals surface area (Å²) >= 11 is 0. The van der Waals surface area contributed by atoms with Crippen molar-refractivity contribution in [1.29, 1.82) is 0 Å². The highest BCUT2D eigenvalue weighted by molar-refractivity contribution is 5.62. The average molecular weight is 433 g/mol. The zero-order valence-electron chi connectivity index (χ0n) is 19.0. The van der Waals surface area contributed by atoms with E-state index < -0.39 is 5.82 Å². The van der Waals surface area contributed by atoms with Gasteiger partial charge in [-0.05, 0) is 42.9 Å². The van der Waals surface area contributed by atoms with Crippen molar-refractivity contribution in [3.05, 3.63) is 71.4 Å². The molecule has 0 amide bonds. The molecule has 0 saturated carbocycles. The molecule has 3 aromatic heterocycles. The number of nitrogens with zero attached hydrogens (tertiary/aromatic N) is 5. The molecule has 1 aromatic carbocycles.